The van der Waals surface area contributed by atoms with Crippen LogP contribution in [-0.4, -0.2) is 28.7 Å². The number of nitrogens with one attached hydrogen (secondary N) is 1. The Labute approximate surface area is 123 Å². The molecular formula is C15H21NO5. The van der Waals surface area contributed by atoms with E-state index in [9.17, 15) is 14.7 Å². The van der Waals surface area contributed by atoms with E-state index >= 15 is 0 Å². The summed E-state index contributed by atoms with van der Waals surface area (Å²) in [5, 5.41) is 21.4. The number of carboxylic acid groups (broad SMARTS) is 1. The SMILES string of the molecule is CCCOc1ccc(CCCC(=O)O)c(O)c1NC(C)=O. The Morgan fingerprint density at radius 1 is 1.33 bits per heavy atom. The first kappa shape index (κ1) is 16.8. The number of carbonyl (C=O) groups excluding carboxylic acids is 1. The fourth-order valence-electron chi connectivity index (χ4n) is 1.88. The Morgan fingerprint density at radius 3 is 2.62 bits per heavy atom. The second-order valence-electron chi connectivity index (χ2n) is 4.72. The van der Waals surface area contributed by atoms with E-state index in [1.807, 2.05) is 6.92 Å². The van der Waals surface area contributed by atoms with Gasteiger partial charge in [0.05, 0.1) is 6.61 Å². The van der Waals surface area contributed by atoms with Gasteiger partial charge in [0, 0.05) is 13.3 Å². The van der Waals surface area contributed by atoms with Gasteiger partial charge in [-0.2, -0.15) is 0 Å². The second-order valence-corrected chi connectivity index (χ2v) is 4.72. The lowest BCUT2D eigenvalue weighted by Gasteiger charge is -2.15. The number of benzene rings is 1. The van der Waals surface area contributed by atoms with Crippen molar-refractivity contribution in [1.29, 1.82) is 0 Å². The molecule has 0 aromatic heterocycles. The van der Waals surface area contributed by atoms with Crippen molar-refractivity contribution in [2.24, 2.45) is 0 Å². The molecule has 0 atom stereocenters. The maximum atomic E-state index is 11.3. The summed E-state index contributed by atoms with van der Waals surface area (Å²) < 4.78 is 5.50. The van der Waals surface area contributed by atoms with Gasteiger partial charge in [0.1, 0.15) is 17.2 Å². The first-order chi connectivity index (χ1) is 9.95. The quantitative estimate of drug-likeness (QED) is 0.640. The minimum Gasteiger partial charge on any atom is -0.505 e. The summed E-state index contributed by atoms with van der Waals surface area (Å²) in [5.74, 6) is -0.843. The monoisotopic (exact) mass is 295 g/mol. The number of hydrogen-bond acceptors (Lipinski definition) is 4. The van der Waals surface area contributed by atoms with Crippen LogP contribution in [0, 0.1) is 0 Å². The summed E-state index contributed by atoms with van der Waals surface area (Å²) in [6.45, 7) is 3.78. The zero-order valence-electron chi connectivity index (χ0n) is 12.3. The fourth-order valence-corrected chi connectivity index (χ4v) is 1.88. The maximum absolute atomic E-state index is 11.3. The molecule has 0 saturated carbocycles. The summed E-state index contributed by atoms with van der Waals surface area (Å²) in [6, 6.07) is 3.37. The standard InChI is InChI=1S/C15H21NO5/c1-3-9-21-12-8-7-11(5-4-6-13(18)19)15(20)14(12)16-10(2)17/h7-8,20H,3-6,9H2,1-2H3,(H,16,17)(H,18,19). The molecule has 0 unspecified atom stereocenters. The van der Waals surface area contributed by atoms with Gasteiger partial charge in [0.15, 0.2) is 0 Å². The van der Waals surface area contributed by atoms with Gasteiger partial charge >= 0.3 is 5.97 Å². The lowest BCUT2D eigenvalue weighted by Crippen LogP contribution is -2.09. The third kappa shape index (κ3) is 5.33. The van der Waals surface area contributed by atoms with Crippen LogP contribution in [0.2, 0.25) is 0 Å². The molecule has 0 aliphatic carbocycles. The number of rotatable bonds is 8. The zero-order chi connectivity index (χ0) is 15.8. The summed E-state index contributed by atoms with van der Waals surface area (Å²) in [4.78, 5) is 21.8. The van der Waals surface area contributed by atoms with Gasteiger partial charge in [-0.3, -0.25) is 9.59 Å². The van der Waals surface area contributed by atoms with Gasteiger partial charge in [-0.15, -0.1) is 0 Å². The van der Waals surface area contributed by atoms with Crippen molar-refractivity contribution < 1.29 is 24.5 Å². The van der Waals surface area contributed by atoms with Crippen LogP contribution >= 0.6 is 0 Å². The predicted molar refractivity (Wildman–Crippen MR) is 78.8 cm³/mol. The molecule has 3 N–H and O–H groups in total. The number of carboxylic acids is 1. The molecule has 0 fully saturated rings. The number of carbonyl (C=O) groups is 2. The molecule has 1 rings (SSSR count). The number of hydrogen-bond donors (Lipinski definition) is 3. The van der Waals surface area contributed by atoms with E-state index in [0.717, 1.165) is 6.42 Å². The van der Waals surface area contributed by atoms with E-state index in [4.69, 9.17) is 9.84 Å². The average molecular weight is 295 g/mol. The molecule has 1 aromatic carbocycles. The highest BCUT2D eigenvalue weighted by Crippen LogP contribution is 2.37. The number of aryl methyl sites for hydroxylation is 1. The van der Waals surface area contributed by atoms with Crippen LogP contribution in [0.5, 0.6) is 11.5 Å². The number of aliphatic carboxylic acids is 1. The van der Waals surface area contributed by atoms with Crippen LogP contribution in [0.25, 0.3) is 0 Å². The van der Waals surface area contributed by atoms with Crippen molar-refractivity contribution in [3.8, 4) is 11.5 Å². The first-order valence-electron chi connectivity index (χ1n) is 6.92. The van der Waals surface area contributed by atoms with Crippen molar-refractivity contribution in [3.05, 3.63) is 17.7 Å². The van der Waals surface area contributed by atoms with E-state index in [-0.39, 0.29) is 23.8 Å². The highest BCUT2D eigenvalue weighted by molar-refractivity contribution is 5.92. The Kier molecular flexibility index (Phi) is 6.52. The molecule has 0 heterocycles. The van der Waals surface area contributed by atoms with Crippen LogP contribution in [0.1, 0.15) is 38.7 Å². The minimum atomic E-state index is -0.875. The molecule has 0 bridgehead atoms. The van der Waals surface area contributed by atoms with E-state index in [1.165, 1.54) is 6.92 Å². The van der Waals surface area contributed by atoms with Crippen LogP contribution in [-0.2, 0) is 16.0 Å². The number of ether oxygens (including phenoxy) is 1. The molecule has 6 nitrogen and oxygen atoms in total. The van der Waals surface area contributed by atoms with Crippen LogP contribution in [0.3, 0.4) is 0 Å². The minimum absolute atomic E-state index is 0.0308. The Bertz CT molecular complexity index is 513. The molecule has 0 aliphatic heterocycles. The third-order valence-corrected chi connectivity index (χ3v) is 2.82. The number of phenols is 1. The van der Waals surface area contributed by atoms with Gasteiger partial charge in [-0.05, 0) is 30.9 Å². The first-order valence-corrected chi connectivity index (χ1v) is 6.92. The lowest BCUT2D eigenvalue weighted by molar-refractivity contribution is -0.137. The molecule has 0 saturated heterocycles. The molecule has 1 amide bonds. The van der Waals surface area contributed by atoms with E-state index in [0.29, 0.717) is 30.8 Å². The highest BCUT2D eigenvalue weighted by Gasteiger charge is 2.15. The second kappa shape index (κ2) is 8.14. The summed E-state index contributed by atoms with van der Waals surface area (Å²) in [7, 11) is 0. The normalized spacial score (nSPS) is 10.2. The molecular weight excluding hydrogens is 274 g/mol. The number of aromatic hydroxyl groups is 1. The average Bonchev–Trinajstić information content (AvgIpc) is 2.41. The molecule has 116 valence electrons. The molecule has 0 radical (unpaired) electrons. The van der Waals surface area contributed by atoms with Crippen LogP contribution < -0.4 is 10.1 Å². The summed E-state index contributed by atoms with van der Waals surface area (Å²) in [5.41, 5.74) is 0.827. The van der Waals surface area contributed by atoms with Crippen molar-refractivity contribution >= 4 is 17.6 Å². The van der Waals surface area contributed by atoms with Crippen molar-refractivity contribution in [2.45, 2.75) is 39.5 Å². The number of phenolic OH excluding ortho intramolecular Hbond substituents is 1. The number of amides is 1. The van der Waals surface area contributed by atoms with Crippen LogP contribution in [0.15, 0.2) is 12.1 Å². The largest absolute Gasteiger partial charge is 0.505 e. The Hall–Kier alpha value is -2.24. The summed E-state index contributed by atoms with van der Waals surface area (Å²) in [6.07, 6.45) is 1.67. The van der Waals surface area contributed by atoms with Gasteiger partial charge in [-0.25, -0.2) is 0 Å². The Balaban J connectivity index is 2.95. The predicted octanol–water partition coefficient (Wildman–Crippen LogP) is 2.55. The fraction of sp³-hybridized carbons (Fsp3) is 0.467. The molecule has 6 heteroatoms. The molecule has 1 aromatic rings. The summed E-state index contributed by atoms with van der Waals surface area (Å²) >= 11 is 0. The van der Waals surface area contributed by atoms with E-state index in [2.05, 4.69) is 5.32 Å². The molecule has 21 heavy (non-hydrogen) atoms. The van der Waals surface area contributed by atoms with Gasteiger partial charge in [0.25, 0.3) is 0 Å². The smallest absolute Gasteiger partial charge is 0.303 e. The topological polar surface area (TPSA) is 95.9 Å². The lowest BCUT2D eigenvalue weighted by atomic mass is 10.1. The van der Waals surface area contributed by atoms with Crippen molar-refractivity contribution in [1.82, 2.24) is 0 Å². The highest BCUT2D eigenvalue weighted by atomic mass is 16.5. The van der Waals surface area contributed by atoms with Gasteiger partial charge in [0.2, 0.25) is 5.91 Å². The van der Waals surface area contributed by atoms with Crippen molar-refractivity contribution in [3.63, 3.8) is 0 Å². The van der Waals surface area contributed by atoms with E-state index in [1.54, 1.807) is 12.1 Å². The number of anilines is 1. The molecule has 0 spiro atoms. The van der Waals surface area contributed by atoms with Crippen molar-refractivity contribution in [2.75, 3.05) is 11.9 Å². The van der Waals surface area contributed by atoms with Crippen LogP contribution in [0.4, 0.5) is 5.69 Å². The third-order valence-electron chi connectivity index (χ3n) is 2.82. The Morgan fingerprint density at radius 2 is 2.05 bits per heavy atom. The van der Waals surface area contributed by atoms with Gasteiger partial charge in [-0.1, -0.05) is 13.0 Å². The zero-order valence-corrected chi connectivity index (χ0v) is 12.3. The molecule has 0 aliphatic rings. The van der Waals surface area contributed by atoms with E-state index < -0.39 is 5.97 Å². The van der Waals surface area contributed by atoms with Gasteiger partial charge < -0.3 is 20.3 Å². The maximum Gasteiger partial charge on any atom is 0.303 e.